The number of carbonyl (C=O) groups excluding carboxylic acids is 2. The Kier molecular flexibility index (Phi) is 4.84. The number of benzene rings is 1. The fourth-order valence-electron chi connectivity index (χ4n) is 2.13. The van der Waals surface area contributed by atoms with Crippen molar-refractivity contribution in [2.75, 3.05) is 7.05 Å². The average Bonchev–Trinajstić information content (AvgIpc) is 2.83. The molecule has 6 nitrogen and oxygen atoms in total. The van der Waals surface area contributed by atoms with Crippen LogP contribution < -0.4 is 0 Å². The number of hydrogen-bond acceptors (Lipinski definition) is 4. The molecule has 2 aromatic rings. The number of halogens is 1. The molecule has 0 unspecified atom stereocenters. The van der Waals surface area contributed by atoms with Gasteiger partial charge in [-0.15, -0.1) is 0 Å². The van der Waals surface area contributed by atoms with Gasteiger partial charge in [-0.1, -0.05) is 0 Å². The number of rotatable bonds is 4. The summed E-state index contributed by atoms with van der Waals surface area (Å²) in [5, 5.41) is 0. The molecule has 0 bridgehead atoms. The Morgan fingerprint density at radius 1 is 1.26 bits per heavy atom. The van der Waals surface area contributed by atoms with Crippen LogP contribution in [0.15, 0.2) is 12.1 Å². The van der Waals surface area contributed by atoms with Crippen LogP contribution in [0.4, 0.5) is 4.39 Å². The van der Waals surface area contributed by atoms with Gasteiger partial charge in [-0.05, 0) is 45.1 Å². The van der Waals surface area contributed by atoms with Crippen molar-refractivity contribution in [1.82, 2.24) is 14.9 Å². The third kappa shape index (κ3) is 3.58. The Morgan fingerprint density at radius 2 is 1.91 bits per heavy atom. The number of amides is 1. The quantitative estimate of drug-likeness (QED) is 0.663. The zero-order valence-corrected chi connectivity index (χ0v) is 14.1. The lowest BCUT2D eigenvalue weighted by atomic mass is 10.1. The smallest absolute Gasteiger partial charge is 0.328 e. The standard InChI is InChI=1S/C15H18FN3O3S/c1-7(2)22-14(21)8(3)19(4)13(20)10-5-9(16)6-11-12(10)18-15(23)17-11/h5-8H,1-4H3,(H2,17,18,23)/t8-/m1/s1. The van der Waals surface area contributed by atoms with Crippen molar-refractivity contribution >= 4 is 35.1 Å². The lowest BCUT2D eigenvalue weighted by Gasteiger charge is -2.24. The molecule has 0 saturated carbocycles. The number of carbonyl (C=O) groups is 2. The number of esters is 1. The van der Waals surface area contributed by atoms with Crippen molar-refractivity contribution in [1.29, 1.82) is 0 Å². The molecule has 0 radical (unpaired) electrons. The zero-order valence-electron chi connectivity index (χ0n) is 13.3. The van der Waals surface area contributed by atoms with Crippen molar-refractivity contribution in [3.8, 4) is 0 Å². The molecule has 0 saturated heterocycles. The lowest BCUT2D eigenvalue weighted by molar-refractivity contribution is -0.151. The van der Waals surface area contributed by atoms with E-state index in [1.807, 2.05) is 0 Å². The van der Waals surface area contributed by atoms with E-state index in [1.165, 1.54) is 18.0 Å². The van der Waals surface area contributed by atoms with Crippen LogP contribution in [0.25, 0.3) is 11.0 Å². The molecule has 0 aliphatic carbocycles. The van der Waals surface area contributed by atoms with Crippen LogP contribution in [-0.4, -0.2) is 45.9 Å². The summed E-state index contributed by atoms with van der Waals surface area (Å²) in [6.07, 6.45) is -0.282. The fourth-order valence-corrected chi connectivity index (χ4v) is 2.34. The van der Waals surface area contributed by atoms with Gasteiger partial charge in [0.25, 0.3) is 5.91 Å². The van der Waals surface area contributed by atoms with Crippen LogP contribution in [0.2, 0.25) is 0 Å². The van der Waals surface area contributed by atoms with Crippen LogP contribution in [0.3, 0.4) is 0 Å². The van der Waals surface area contributed by atoms with Gasteiger partial charge in [0.05, 0.1) is 22.7 Å². The molecule has 1 atom stereocenters. The molecule has 0 aliphatic heterocycles. The number of ether oxygens (including phenoxy) is 1. The van der Waals surface area contributed by atoms with Crippen molar-refractivity contribution in [2.45, 2.75) is 32.9 Å². The summed E-state index contributed by atoms with van der Waals surface area (Å²) >= 11 is 4.98. The molecule has 1 aromatic carbocycles. The molecule has 0 aliphatic rings. The predicted octanol–water partition coefficient (Wildman–Crippen LogP) is 2.78. The highest BCUT2D eigenvalue weighted by Gasteiger charge is 2.27. The summed E-state index contributed by atoms with van der Waals surface area (Å²) in [7, 11) is 1.46. The van der Waals surface area contributed by atoms with Gasteiger partial charge in [-0.3, -0.25) is 4.79 Å². The summed E-state index contributed by atoms with van der Waals surface area (Å²) in [5.74, 6) is -1.60. The monoisotopic (exact) mass is 339 g/mol. The van der Waals surface area contributed by atoms with Crippen LogP contribution in [0.5, 0.6) is 0 Å². The van der Waals surface area contributed by atoms with Crippen LogP contribution in [0.1, 0.15) is 31.1 Å². The van der Waals surface area contributed by atoms with E-state index in [0.29, 0.717) is 11.0 Å². The normalized spacial score (nSPS) is 12.4. The van der Waals surface area contributed by atoms with E-state index in [1.54, 1.807) is 20.8 Å². The van der Waals surface area contributed by atoms with Crippen molar-refractivity contribution < 1.29 is 18.7 Å². The highest BCUT2D eigenvalue weighted by molar-refractivity contribution is 7.71. The Bertz CT molecular complexity index is 812. The average molecular weight is 339 g/mol. The van der Waals surface area contributed by atoms with Crippen LogP contribution in [-0.2, 0) is 9.53 Å². The Hall–Kier alpha value is -2.22. The van der Waals surface area contributed by atoms with Gasteiger partial charge in [0, 0.05) is 7.05 Å². The number of likely N-dealkylation sites (N-methyl/N-ethyl adjacent to an activating group) is 1. The second-order valence-corrected chi connectivity index (χ2v) is 5.94. The highest BCUT2D eigenvalue weighted by atomic mass is 32.1. The first-order chi connectivity index (χ1) is 10.7. The van der Waals surface area contributed by atoms with E-state index < -0.39 is 23.7 Å². The van der Waals surface area contributed by atoms with Crippen LogP contribution in [0, 0.1) is 10.6 Å². The molecule has 1 amide bonds. The molecule has 2 rings (SSSR count). The van der Waals surface area contributed by atoms with E-state index >= 15 is 0 Å². The third-order valence-electron chi connectivity index (χ3n) is 3.41. The predicted molar refractivity (Wildman–Crippen MR) is 86.2 cm³/mol. The first-order valence-electron chi connectivity index (χ1n) is 7.10. The molecule has 8 heteroatoms. The summed E-state index contributed by atoms with van der Waals surface area (Å²) < 4.78 is 19.1. The summed E-state index contributed by atoms with van der Waals surface area (Å²) in [5.41, 5.74) is 0.890. The molecule has 0 spiro atoms. The molecular formula is C15H18FN3O3S. The number of fused-ring (bicyclic) bond motifs is 1. The van der Waals surface area contributed by atoms with Gasteiger partial charge in [-0.25, -0.2) is 9.18 Å². The van der Waals surface area contributed by atoms with E-state index in [9.17, 15) is 14.0 Å². The number of nitrogens with one attached hydrogen (secondary N) is 2. The summed E-state index contributed by atoms with van der Waals surface area (Å²) in [6.45, 7) is 5.00. The second-order valence-electron chi connectivity index (χ2n) is 5.53. The lowest BCUT2D eigenvalue weighted by Crippen LogP contribution is -2.42. The maximum Gasteiger partial charge on any atom is 0.328 e. The minimum absolute atomic E-state index is 0.0963. The Labute approximate surface area is 137 Å². The SMILES string of the molecule is CC(C)OC(=O)[C@@H](C)N(C)C(=O)c1cc(F)cc2[nH]c(=S)[nH]c12. The number of H-pyrrole nitrogens is 2. The number of hydrogen-bond donors (Lipinski definition) is 2. The number of aromatic amines is 2. The molecule has 2 N–H and O–H groups in total. The third-order valence-corrected chi connectivity index (χ3v) is 3.62. The first-order valence-corrected chi connectivity index (χ1v) is 7.50. The summed E-state index contributed by atoms with van der Waals surface area (Å²) in [6, 6.07) is 1.56. The van der Waals surface area contributed by atoms with Gasteiger partial charge in [0.1, 0.15) is 11.9 Å². The maximum absolute atomic E-state index is 13.7. The van der Waals surface area contributed by atoms with Crippen molar-refractivity contribution in [2.24, 2.45) is 0 Å². The Balaban J connectivity index is 2.36. The molecule has 1 heterocycles. The number of aromatic nitrogens is 2. The molecule has 124 valence electrons. The van der Waals surface area contributed by atoms with Crippen molar-refractivity contribution in [3.63, 3.8) is 0 Å². The largest absolute Gasteiger partial charge is 0.461 e. The first kappa shape index (κ1) is 17.1. The van der Waals surface area contributed by atoms with Gasteiger partial charge >= 0.3 is 5.97 Å². The van der Waals surface area contributed by atoms with E-state index in [-0.39, 0.29) is 16.4 Å². The second kappa shape index (κ2) is 6.49. The van der Waals surface area contributed by atoms with Gasteiger partial charge in [0.2, 0.25) is 0 Å². The topological polar surface area (TPSA) is 78.2 Å². The van der Waals surface area contributed by atoms with Crippen LogP contribution >= 0.6 is 12.2 Å². The molecule has 23 heavy (non-hydrogen) atoms. The minimum atomic E-state index is -0.801. The summed E-state index contributed by atoms with van der Waals surface area (Å²) in [4.78, 5) is 31.4. The van der Waals surface area contributed by atoms with E-state index in [4.69, 9.17) is 17.0 Å². The maximum atomic E-state index is 13.7. The Morgan fingerprint density at radius 3 is 2.52 bits per heavy atom. The van der Waals surface area contributed by atoms with Crippen molar-refractivity contribution in [3.05, 3.63) is 28.3 Å². The van der Waals surface area contributed by atoms with Gasteiger partial charge < -0.3 is 19.6 Å². The van der Waals surface area contributed by atoms with E-state index in [0.717, 1.165) is 6.07 Å². The van der Waals surface area contributed by atoms with Gasteiger partial charge in [0.15, 0.2) is 4.77 Å². The fraction of sp³-hybridized carbons (Fsp3) is 0.400. The number of nitrogens with zero attached hydrogens (tertiary/aromatic N) is 1. The molecule has 1 aromatic heterocycles. The number of imidazole rings is 1. The molecule has 0 fully saturated rings. The zero-order chi connectivity index (χ0) is 17.3. The minimum Gasteiger partial charge on any atom is -0.461 e. The van der Waals surface area contributed by atoms with Gasteiger partial charge in [-0.2, -0.15) is 0 Å². The molecular weight excluding hydrogens is 321 g/mol. The van der Waals surface area contributed by atoms with E-state index in [2.05, 4.69) is 9.97 Å². The highest BCUT2D eigenvalue weighted by Crippen LogP contribution is 2.20.